The third-order valence-corrected chi connectivity index (χ3v) is 13.4. The Morgan fingerprint density at radius 1 is 0.941 bits per heavy atom. The first kappa shape index (κ1) is 24.8. The topological polar surface area (TPSA) is 77.8 Å². The molecular formula is C30H48O4. The van der Waals surface area contributed by atoms with Crippen LogP contribution in [-0.4, -0.2) is 33.5 Å². The van der Waals surface area contributed by atoms with Gasteiger partial charge >= 0.3 is 5.97 Å². The molecule has 0 aliphatic heterocycles. The summed E-state index contributed by atoms with van der Waals surface area (Å²) in [7, 11) is 0. The van der Waals surface area contributed by atoms with E-state index in [1.807, 2.05) is 0 Å². The van der Waals surface area contributed by atoms with Gasteiger partial charge in [0.15, 0.2) is 0 Å². The first-order valence-corrected chi connectivity index (χ1v) is 14.0. The molecule has 4 heteroatoms. The van der Waals surface area contributed by atoms with E-state index in [9.17, 15) is 20.1 Å². The summed E-state index contributed by atoms with van der Waals surface area (Å²) < 4.78 is 0. The van der Waals surface area contributed by atoms with E-state index in [1.165, 1.54) is 5.57 Å². The molecule has 0 radical (unpaired) electrons. The molecule has 11 atom stereocenters. The fraction of sp³-hybridized carbons (Fsp3) is 0.900. The summed E-state index contributed by atoms with van der Waals surface area (Å²) in [5, 5.41) is 32.4. The zero-order chi connectivity index (χ0) is 25.1. The van der Waals surface area contributed by atoms with Gasteiger partial charge in [-0.1, -0.05) is 60.1 Å². The van der Waals surface area contributed by atoms with Gasteiger partial charge in [0, 0.05) is 0 Å². The molecular weight excluding hydrogens is 424 g/mol. The number of aliphatic hydroxyl groups is 2. The average molecular weight is 473 g/mol. The van der Waals surface area contributed by atoms with Crippen molar-refractivity contribution in [2.75, 3.05) is 0 Å². The van der Waals surface area contributed by atoms with Crippen molar-refractivity contribution in [3.05, 3.63) is 11.6 Å². The fourth-order valence-electron chi connectivity index (χ4n) is 11.0. The lowest BCUT2D eigenvalue weighted by Gasteiger charge is -2.71. The first-order valence-electron chi connectivity index (χ1n) is 14.0. The molecule has 6 unspecified atom stereocenters. The summed E-state index contributed by atoms with van der Waals surface area (Å²) in [4.78, 5) is 12.8. The number of fused-ring (bicyclic) bond motifs is 7. The highest BCUT2D eigenvalue weighted by atomic mass is 16.4. The molecule has 0 saturated heterocycles. The maximum absolute atomic E-state index is 12.8. The molecule has 192 valence electrons. The van der Waals surface area contributed by atoms with Gasteiger partial charge < -0.3 is 15.3 Å². The number of aliphatic hydroxyl groups excluding tert-OH is 2. The van der Waals surface area contributed by atoms with Crippen molar-refractivity contribution in [3.63, 3.8) is 0 Å². The minimum Gasteiger partial charge on any atom is -0.481 e. The maximum atomic E-state index is 12.8. The van der Waals surface area contributed by atoms with Crippen molar-refractivity contribution < 1.29 is 20.1 Å². The van der Waals surface area contributed by atoms with E-state index in [4.69, 9.17) is 0 Å². The van der Waals surface area contributed by atoms with Crippen LogP contribution < -0.4 is 0 Å². The smallest absolute Gasteiger partial charge is 0.310 e. The normalized spacial score (nSPS) is 56.3. The molecule has 0 aromatic rings. The molecule has 0 spiro atoms. The van der Waals surface area contributed by atoms with Crippen LogP contribution in [0.5, 0.6) is 0 Å². The lowest BCUT2D eigenvalue weighted by Crippen LogP contribution is -2.67. The van der Waals surface area contributed by atoms with Crippen molar-refractivity contribution in [2.24, 2.45) is 56.7 Å². The van der Waals surface area contributed by atoms with Gasteiger partial charge in [0.25, 0.3) is 0 Å². The molecule has 34 heavy (non-hydrogen) atoms. The standard InChI is InChI=1S/C30H48O4/c1-17-10-13-30(25(33)34)15-14-28(6)19(23(30)18(17)2)8-9-22-27(5)16-20(31)24(32)26(3,4)21(27)11-12-29(22,28)7/h8,17-18,20-24,31-32H,9-16H2,1-7H3,(H,33,34)/t17-,18+,20+,21?,22?,23?,24-,27?,28?,29?,30+/m1/s1. The molecule has 0 heterocycles. The highest BCUT2D eigenvalue weighted by Gasteiger charge is 2.70. The predicted octanol–water partition coefficient (Wildman–Crippen LogP) is 6.06. The maximum Gasteiger partial charge on any atom is 0.310 e. The second-order valence-electron chi connectivity index (χ2n) is 14.6. The van der Waals surface area contributed by atoms with Crippen LogP contribution in [0.3, 0.4) is 0 Å². The molecule has 0 bridgehead atoms. The van der Waals surface area contributed by atoms with Crippen molar-refractivity contribution in [2.45, 2.75) is 112 Å². The molecule has 4 fully saturated rings. The first-order chi connectivity index (χ1) is 15.7. The molecule has 5 rings (SSSR count). The lowest BCUT2D eigenvalue weighted by atomic mass is 9.33. The minimum atomic E-state index is -0.679. The Morgan fingerprint density at radius 3 is 2.26 bits per heavy atom. The summed E-state index contributed by atoms with van der Waals surface area (Å²) in [6, 6.07) is 0. The Bertz CT molecular complexity index is 907. The Balaban J connectivity index is 1.62. The van der Waals surface area contributed by atoms with Crippen LogP contribution in [-0.2, 0) is 4.79 Å². The van der Waals surface area contributed by atoms with Crippen molar-refractivity contribution >= 4 is 5.97 Å². The fourth-order valence-corrected chi connectivity index (χ4v) is 11.0. The van der Waals surface area contributed by atoms with Gasteiger partial charge in [0.1, 0.15) is 0 Å². The molecule has 5 aliphatic rings. The summed E-state index contributed by atoms with van der Waals surface area (Å²) in [6.45, 7) is 16.3. The van der Waals surface area contributed by atoms with Gasteiger partial charge in [0.05, 0.1) is 17.6 Å². The third-order valence-electron chi connectivity index (χ3n) is 13.4. The van der Waals surface area contributed by atoms with Gasteiger partial charge in [-0.2, -0.15) is 0 Å². The molecule has 5 aliphatic carbocycles. The number of rotatable bonds is 1. The van der Waals surface area contributed by atoms with E-state index in [0.29, 0.717) is 30.1 Å². The van der Waals surface area contributed by atoms with E-state index in [1.54, 1.807) is 0 Å². The van der Waals surface area contributed by atoms with Gasteiger partial charge in [-0.3, -0.25) is 4.79 Å². The van der Waals surface area contributed by atoms with Crippen LogP contribution in [0.1, 0.15) is 99.8 Å². The number of hydrogen-bond acceptors (Lipinski definition) is 3. The van der Waals surface area contributed by atoms with Crippen molar-refractivity contribution in [3.8, 4) is 0 Å². The second kappa shape index (κ2) is 7.34. The van der Waals surface area contributed by atoms with E-state index in [2.05, 4.69) is 54.5 Å². The highest BCUT2D eigenvalue weighted by Crippen LogP contribution is 2.75. The molecule has 3 N–H and O–H groups in total. The monoisotopic (exact) mass is 472 g/mol. The predicted molar refractivity (Wildman–Crippen MR) is 134 cm³/mol. The van der Waals surface area contributed by atoms with E-state index in [-0.39, 0.29) is 27.6 Å². The van der Waals surface area contributed by atoms with Crippen molar-refractivity contribution in [1.29, 1.82) is 0 Å². The number of carboxylic acids is 1. The SMILES string of the molecule is C[C@@H]1CC[C@]2(C(=O)O)CCC3(C)C(=CCC4C5(C)C[C@H](O)[C@@H](O)C(C)(C)C5CCC43C)C2[C@H]1C. The number of aliphatic carboxylic acids is 1. The van der Waals surface area contributed by atoms with E-state index < -0.39 is 23.6 Å². The summed E-state index contributed by atoms with van der Waals surface area (Å²) >= 11 is 0. The van der Waals surface area contributed by atoms with E-state index in [0.717, 1.165) is 44.9 Å². The Hall–Kier alpha value is -0.870. The molecule has 0 aromatic carbocycles. The van der Waals surface area contributed by atoms with Crippen LogP contribution >= 0.6 is 0 Å². The average Bonchev–Trinajstić information content (AvgIpc) is 2.75. The molecule has 4 saturated carbocycles. The second-order valence-corrected chi connectivity index (χ2v) is 14.6. The number of allylic oxidation sites excluding steroid dienone is 2. The largest absolute Gasteiger partial charge is 0.481 e. The zero-order valence-corrected chi connectivity index (χ0v) is 22.5. The van der Waals surface area contributed by atoms with Crippen LogP contribution in [0.25, 0.3) is 0 Å². The Kier molecular flexibility index (Phi) is 5.36. The van der Waals surface area contributed by atoms with Crippen LogP contribution in [0.15, 0.2) is 11.6 Å². The minimum absolute atomic E-state index is 0.00993. The van der Waals surface area contributed by atoms with Crippen LogP contribution in [0.2, 0.25) is 0 Å². The quantitative estimate of drug-likeness (QED) is 0.405. The van der Waals surface area contributed by atoms with Crippen LogP contribution in [0.4, 0.5) is 0 Å². The van der Waals surface area contributed by atoms with Gasteiger partial charge in [0.2, 0.25) is 0 Å². The Labute approximate surface area is 206 Å². The van der Waals surface area contributed by atoms with Crippen molar-refractivity contribution in [1.82, 2.24) is 0 Å². The number of carboxylic acid groups (broad SMARTS) is 1. The van der Waals surface area contributed by atoms with Crippen LogP contribution in [0, 0.1) is 56.7 Å². The summed E-state index contributed by atoms with van der Waals surface area (Å²) in [6.07, 6.45) is 8.53. The number of hydrogen-bond donors (Lipinski definition) is 3. The van der Waals surface area contributed by atoms with Gasteiger partial charge in [-0.15, -0.1) is 0 Å². The number of carbonyl (C=O) groups is 1. The van der Waals surface area contributed by atoms with Gasteiger partial charge in [-0.25, -0.2) is 0 Å². The lowest BCUT2D eigenvalue weighted by molar-refractivity contribution is -0.232. The van der Waals surface area contributed by atoms with E-state index >= 15 is 0 Å². The molecule has 4 nitrogen and oxygen atoms in total. The molecule has 0 amide bonds. The highest BCUT2D eigenvalue weighted by molar-refractivity contribution is 5.76. The summed E-state index contributed by atoms with van der Waals surface area (Å²) in [5.74, 6) is 1.30. The Morgan fingerprint density at radius 2 is 1.62 bits per heavy atom. The third kappa shape index (κ3) is 2.76. The van der Waals surface area contributed by atoms with Gasteiger partial charge in [-0.05, 0) is 103 Å². The molecule has 0 aromatic heterocycles. The summed E-state index contributed by atoms with van der Waals surface area (Å²) in [5.41, 5.74) is 0.574. The zero-order valence-electron chi connectivity index (χ0n) is 22.5.